The number of hydrogen-bond acceptors (Lipinski definition) is 4. The van der Waals surface area contributed by atoms with Crippen LogP contribution in [0.15, 0.2) is 60.8 Å². The Kier molecular flexibility index (Phi) is 3.87. The summed E-state index contributed by atoms with van der Waals surface area (Å²) in [5, 5.41) is 0. The molecule has 120 valence electrons. The van der Waals surface area contributed by atoms with Gasteiger partial charge in [-0.3, -0.25) is 0 Å². The lowest BCUT2D eigenvalue weighted by Crippen LogP contribution is -2.31. The van der Waals surface area contributed by atoms with Gasteiger partial charge in [0.1, 0.15) is 5.75 Å². The molecule has 0 bridgehead atoms. The highest BCUT2D eigenvalue weighted by Crippen LogP contribution is 2.29. The Balaban J connectivity index is 1.66. The van der Waals surface area contributed by atoms with Gasteiger partial charge in [-0.15, -0.1) is 0 Å². The largest absolute Gasteiger partial charge is 0.496 e. The molecule has 0 amide bonds. The second-order valence-corrected chi connectivity index (χ2v) is 5.88. The van der Waals surface area contributed by atoms with Gasteiger partial charge in [-0.2, -0.15) is 0 Å². The molecule has 0 radical (unpaired) electrons. The third-order valence-corrected chi connectivity index (χ3v) is 4.44. The molecule has 2 heterocycles. The molecule has 0 saturated heterocycles. The molecule has 0 spiro atoms. The molecule has 2 aromatic carbocycles. The van der Waals surface area contributed by atoms with Gasteiger partial charge in [0.2, 0.25) is 5.95 Å². The summed E-state index contributed by atoms with van der Waals surface area (Å²) in [6, 6.07) is 18.5. The predicted octanol–water partition coefficient (Wildman–Crippen LogP) is 3.71. The molecule has 24 heavy (non-hydrogen) atoms. The summed E-state index contributed by atoms with van der Waals surface area (Å²) in [5.41, 5.74) is 4.65. The topological polar surface area (TPSA) is 38.2 Å². The molecule has 4 rings (SSSR count). The van der Waals surface area contributed by atoms with Crippen molar-refractivity contribution in [3.63, 3.8) is 0 Å². The van der Waals surface area contributed by atoms with E-state index in [1.54, 1.807) is 7.11 Å². The number of hydrogen-bond donors (Lipinski definition) is 0. The Bertz CT molecular complexity index is 863. The smallest absolute Gasteiger partial charge is 0.226 e. The average Bonchev–Trinajstić information content (AvgIpc) is 2.67. The fourth-order valence-electron chi connectivity index (χ4n) is 3.17. The van der Waals surface area contributed by atoms with Crippen molar-refractivity contribution in [3.05, 3.63) is 71.9 Å². The molecule has 4 heteroatoms. The van der Waals surface area contributed by atoms with Gasteiger partial charge in [0.15, 0.2) is 0 Å². The summed E-state index contributed by atoms with van der Waals surface area (Å²) in [5.74, 6) is 1.60. The van der Waals surface area contributed by atoms with E-state index >= 15 is 0 Å². The third kappa shape index (κ3) is 2.71. The van der Waals surface area contributed by atoms with Crippen molar-refractivity contribution in [2.24, 2.45) is 0 Å². The zero-order chi connectivity index (χ0) is 16.4. The monoisotopic (exact) mass is 317 g/mol. The lowest BCUT2D eigenvalue weighted by Gasteiger charge is -2.29. The number of rotatable bonds is 3. The maximum Gasteiger partial charge on any atom is 0.226 e. The zero-order valence-electron chi connectivity index (χ0n) is 13.6. The fraction of sp³-hybridized carbons (Fsp3) is 0.200. The number of anilines is 1. The van der Waals surface area contributed by atoms with E-state index in [0.29, 0.717) is 0 Å². The summed E-state index contributed by atoms with van der Waals surface area (Å²) in [4.78, 5) is 11.5. The van der Waals surface area contributed by atoms with Gasteiger partial charge >= 0.3 is 0 Å². The highest BCUT2D eigenvalue weighted by Gasteiger charge is 2.18. The van der Waals surface area contributed by atoms with Gasteiger partial charge in [0.25, 0.3) is 0 Å². The number of methoxy groups -OCH3 is 1. The van der Waals surface area contributed by atoms with Crippen molar-refractivity contribution >= 4 is 5.95 Å². The minimum absolute atomic E-state index is 0.771. The van der Waals surface area contributed by atoms with Crippen LogP contribution in [0.5, 0.6) is 5.75 Å². The van der Waals surface area contributed by atoms with Crippen LogP contribution in [-0.4, -0.2) is 23.6 Å². The number of benzene rings is 2. The number of ether oxygens (including phenoxy) is 1. The summed E-state index contributed by atoms with van der Waals surface area (Å²) >= 11 is 0. The van der Waals surface area contributed by atoms with E-state index in [9.17, 15) is 0 Å². The molecule has 1 aliphatic heterocycles. The molecule has 3 aromatic rings. The van der Waals surface area contributed by atoms with Crippen molar-refractivity contribution in [3.8, 4) is 17.0 Å². The first-order valence-corrected chi connectivity index (χ1v) is 8.13. The quantitative estimate of drug-likeness (QED) is 0.738. The Morgan fingerprint density at radius 2 is 1.75 bits per heavy atom. The van der Waals surface area contributed by atoms with Crippen LogP contribution in [0.2, 0.25) is 0 Å². The van der Waals surface area contributed by atoms with Crippen LogP contribution >= 0.6 is 0 Å². The van der Waals surface area contributed by atoms with Crippen LogP contribution in [0.4, 0.5) is 5.95 Å². The molecule has 0 atom stereocenters. The first-order valence-electron chi connectivity index (χ1n) is 8.13. The summed E-state index contributed by atoms with van der Waals surface area (Å²) in [7, 11) is 1.68. The van der Waals surface area contributed by atoms with E-state index in [-0.39, 0.29) is 0 Å². The summed E-state index contributed by atoms with van der Waals surface area (Å²) in [6.45, 7) is 1.79. The second-order valence-electron chi connectivity index (χ2n) is 5.88. The summed E-state index contributed by atoms with van der Waals surface area (Å²) in [6.07, 6.45) is 2.85. The van der Waals surface area contributed by atoms with E-state index in [1.165, 1.54) is 11.1 Å². The first kappa shape index (κ1) is 14.7. The Morgan fingerprint density at radius 1 is 0.958 bits per heavy atom. The molecule has 4 nitrogen and oxygen atoms in total. The average molecular weight is 317 g/mol. The fourth-order valence-corrected chi connectivity index (χ4v) is 3.17. The van der Waals surface area contributed by atoms with Crippen LogP contribution in [0, 0.1) is 0 Å². The highest BCUT2D eigenvalue weighted by atomic mass is 16.5. The Morgan fingerprint density at radius 3 is 2.62 bits per heavy atom. The minimum Gasteiger partial charge on any atom is -0.496 e. The van der Waals surface area contributed by atoms with Gasteiger partial charge in [0.05, 0.1) is 12.8 Å². The third-order valence-electron chi connectivity index (χ3n) is 4.44. The SMILES string of the molecule is COc1ccccc1-c1ccnc(N2CCc3ccccc3C2)n1. The van der Waals surface area contributed by atoms with E-state index in [1.807, 2.05) is 36.5 Å². The molecule has 0 saturated carbocycles. The van der Waals surface area contributed by atoms with Crippen LogP contribution in [0.1, 0.15) is 11.1 Å². The van der Waals surface area contributed by atoms with Crippen molar-refractivity contribution < 1.29 is 4.74 Å². The molecule has 1 aliphatic rings. The van der Waals surface area contributed by atoms with Gasteiger partial charge in [-0.05, 0) is 35.7 Å². The molecule has 1 aromatic heterocycles. The Labute approximate surface area is 141 Å². The second kappa shape index (κ2) is 6.32. The van der Waals surface area contributed by atoms with Crippen molar-refractivity contribution in [2.45, 2.75) is 13.0 Å². The lowest BCUT2D eigenvalue weighted by atomic mass is 10.0. The lowest BCUT2D eigenvalue weighted by molar-refractivity contribution is 0.416. The molecular formula is C20H19N3O. The molecule has 0 unspecified atom stereocenters. The molecular weight excluding hydrogens is 298 g/mol. The van der Waals surface area contributed by atoms with Crippen molar-refractivity contribution in [2.75, 3.05) is 18.6 Å². The minimum atomic E-state index is 0.771. The predicted molar refractivity (Wildman–Crippen MR) is 95.2 cm³/mol. The summed E-state index contributed by atoms with van der Waals surface area (Å²) < 4.78 is 5.46. The zero-order valence-corrected chi connectivity index (χ0v) is 13.6. The van der Waals surface area contributed by atoms with Crippen molar-refractivity contribution in [1.82, 2.24) is 9.97 Å². The van der Waals surface area contributed by atoms with E-state index in [2.05, 4.69) is 34.1 Å². The molecule has 0 fully saturated rings. The maximum absolute atomic E-state index is 5.46. The van der Waals surface area contributed by atoms with Crippen LogP contribution in [-0.2, 0) is 13.0 Å². The van der Waals surface area contributed by atoms with Gasteiger partial charge in [0, 0.05) is 24.8 Å². The molecule has 0 aliphatic carbocycles. The number of para-hydroxylation sites is 1. The van der Waals surface area contributed by atoms with E-state index in [4.69, 9.17) is 9.72 Å². The van der Waals surface area contributed by atoms with E-state index < -0.39 is 0 Å². The first-order chi connectivity index (χ1) is 11.8. The maximum atomic E-state index is 5.46. The van der Waals surface area contributed by atoms with Gasteiger partial charge in [-0.1, -0.05) is 36.4 Å². The number of nitrogens with zero attached hydrogens (tertiary/aromatic N) is 3. The van der Waals surface area contributed by atoms with E-state index in [0.717, 1.165) is 42.5 Å². The van der Waals surface area contributed by atoms with Crippen LogP contribution in [0.25, 0.3) is 11.3 Å². The van der Waals surface area contributed by atoms with Crippen LogP contribution in [0.3, 0.4) is 0 Å². The standard InChI is InChI=1S/C20H19N3O/c1-24-19-9-5-4-8-17(19)18-10-12-21-20(22-18)23-13-11-15-6-2-3-7-16(15)14-23/h2-10,12H,11,13-14H2,1H3. The molecule has 0 N–H and O–H groups in total. The van der Waals surface area contributed by atoms with Gasteiger partial charge < -0.3 is 9.64 Å². The van der Waals surface area contributed by atoms with Crippen LogP contribution < -0.4 is 9.64 Å². The Hall–Kier alpha value is -2.88. The highest BCUT2D eigenvalue weighted by molar-refractivity contribution is 5.67. The van der Waals surface area contributed by atoms with Crippen molar-refractivity contribution in [1.29, 1.82) is 0 Å². The number of fused-ring (bicyclic) bond motifs is 1. The normalized spacial score (nSPS) is 13.5. The van der Waals surface area contributed by atoms with Gasteiger partial charge in [-0.25, -0.2) is 9.97 Å². The number of aromatic nitrogens is 2.